The Kier molecular flexibility index (Phi) is 6.54. The van der Waals surface area contributed by atoms with Gasteiger partial charge in [0.05, 0.1) is 23.5 Å². The average molecular weight is 371 g/mol. The summed E-state index contributed by atoms with van der Waals surface area (Å²) in [5, 5.41) is 18.4. The van der Waals surface area contributed by atoms with Crippen LogP contribution in [0.15, 0.2) is 28.7 Å². The van der Waals surface area contributed by atoms with Crippen LogP contribution in [0.1, 0.15) is 56.1 Å². The Morgan fingerprint density at radius 3 is 2.89 bits per heavy atom. The molecule has 0 spiro atoms. The van der Waals surface area contributed by atoms with Gasteiger partial charge in [-0.1, -0.05) is 38.3 Å². The first kappa shape index (κ1) is 19.0. The van der Waals surface area contributed by atoms with Crippen molar-refractivity contribution in [3.05, 3.63) is 41.9 Å². The fourth-order valence-electron chi connectivity index (χ4n) is 3.08. The van der Waals surface area contributed by atoms with Gasteiger partial charge in [-0.15, -0.1) is 10.2 Å². The monoisotopic (exact) mass is 371 g/mol. The highest BCUT2D eigenvalue weighted by molar-refractivity contribution is 5.74. The summed E-state index contributed by atoms with van der Waals surface area (Å²) in [6, 6.07) is 7.89. The number of nitrogens with one attached hydrogen (secondary N) is 1. The molecule has 1 unspecified atom stereocenters. The molecule has 0 radical (unpaired) electrons. The molecular weight excluding hydrogens is 346 g/mol. The smallest absolute Gasteiger partial charge is 0.233 e. The van der Waals surface area contributed by atoms with Gasteiger partial charge in [-0.05, 0) is 18.6 Å². The van der Waals surface area contributed by atoms with Gasteiger partial charge in [0.15, 0.2) is 0 Å². The molecule has 0 bridgehead atoms. The lowest BCUT2D eigenvalue weighted by atomic mass is 10.0. The highest BCUT2D eigenvalue weighted by Gasteiger charge is 2.21. The number of nitrogens with zero attached hydrogens (tertiary/aromatic N) is 4. The lowest BCUT2D eigenvalue weighted by molar-refractivity contribution is -0.151. The van der Waals surface area contributed by atoms with Crippen LogP contribution in [-0.2, 0) is 17.6 Å². The van der Waals surface area contributed by atoms with Gasteiger partial charge in [0.2, 0.25) is 18.2 Å². The van der Waals surface area contributed by atoms with Crippen LogP contribution in [0.4, 0.5) is 0 Å². The molecule has 0 aliphatic heterocycles. The van der Waals surface area contributed by atoms with E-state index >= 15 is 0 Å². The molecule has 0 fully saturated rings. The Balaban J connectivity index is 1.62. The number of fused-ring (bicyclic) bond motifs is 1. The van der Waals surface area contributed by atoms with Crippen LogP contribution in [-0.4, -0.2) is 43.4 Å². The van der Waals surface area contributed by atoms with E-state index in [1.54, 1.807) is 0 Å². The number of aromatic nitrogens is 4. The largest absolute Gasteiger partial charge is 0.425 e. The standard InChI is InChI=1S/C19H25N5O3/c1-2-3-4-7-14(12-24(26)13-25)19-23-22-18(27-19)11-10-17-20-15-8-5-6-9-16(15)21-17/h5-6,8-9,13-14,26H,2-4,7,10-12H2,1H3,(H,20,21). The highest BCUT2D eigenvalue weighted by atomic mass is 16.5. The third-order valence-corrected chi connectivity index (χ3v) is 4.53. The Bertz CT molecular complexity index is 827. The molecule has 0 aliphatic rings. The first-order chi connectivity index (χ1) is 13.2. The molecule has 27 heavy (non-hydrogen) atoms. The Hall–Kier alpha value is -2.74. The fourth-order valence-corrected chi connectivity index (χ4v) is 3.08. The Morgan fingerprint density at radius 1 is 1.26 bits per heavy atom. The Labute approximate surface area is 157 Å². The van der Waals surface area contributed by atoms with Crippen LogP contribution in [0.25, 0.3) is 11.0 Å². The van der Waals surface area contributed by atoms with Gasteiger partial charge in [0.25, 0.3) is 0 Å². The van der Waals surface area contributed by atoms with Crippen LogP contribution < -0.4 is 0 Å². The lowest BCUT2D eigenvalue weighted by Gasteiger charge is -2.16. The van der Waals surface area contributed by atoms with E-state index in [9.17, 15) is 10.0 Å². The second kappa shape index (κ2) is 9.27. The highest BCUT2D eigenvalue weighted by Crippen LogP contribution is 2.23. The van der Waals surface area contributed by atoms with E-state index in [0.717, 1.165) is 42.5 Å². The average Bonchev–Trinajstić information content (AvgIpc) is 3.32. The molecule has 2 aromatic heterocycles. The van der Waals surface area contributed by atoms with Gasteiger partial charge < -0.3 is 9.40 Å². The van der Waals surface area contributed by atoms with E-state index in [4.69, 9.17) is 4.42 Å². The summed E-state index contributed by atoms with van der Waals surface area (Å²) in [4.78, 5) is 18.6. The van der Waals surface area contributed by atoms with Crippen LogP contribution in [0.2, 0.25) is 0 Å². The molecule has 8 nitrogen and oxygen atoms in total. The quantitative estimate of drug-likeness (QED) is 0.232. The number of hydroxylamine groups is 2. The van der Waals surface area contributed by atoms with Crippen molar-refractivity contribution in [1.82, 2.24) is 25.2 Å². The SMILES string of the molecule is CCCCCC(CN(O)C=O)c1nnc(CCc2nc3ccccc3[nH]2)o1. The number of benzene rings is 1. The van der Waals surface area contributed by atoms with Crippen molar-refractivity contribution < 1.29 is 14.4 Å². The number of hydrogen-bond acceptors (Lipinski definition) is 6. The maximum absolute atomic E-state index is 10.7. The lowest BCUT2D eigenvalue weighted by Crippen LogP contribution is -2.24. The number of unbranched alkanes of at least 4 members (excludes halogenated alkanes) is 2. The van der Waals surface area contributed by atoms with Crippen LogP contribution >= 0.6 is 0 Å². The van der Waals surface area contributed by atoms with Crippen molar-refractivity contribution >= 4 is 17.4 Å². The van der Waals surface area contributed by atoms with Gasteiger partial charge in [-0.3, -0.25) is 10.0 Å². The number of hydrogen-bond donors (Lipinski definition) is 2. The van der Waals surface area contributed by atoms with Gasteiger partial charge in [-0.25, -0.2) is 10.0 Å². The van der Waals surface area contributed by atoms with Crippen molar-refractivity contribution in [2.45, 2.75) is 51.4 Å². The number of imidazole rings is 1. The van der Waals surface area contributed by atoms with Crippen molar-refractivity contribution in [3.8, 4) is 0 Å². The number of amides is 1. The number of carbonyl (C=O) groups is 1. The predicted octanol–water partition coefficient (Wildman–Crippen LogP) is 3.24. The zero-order valence-electron chi connectivity index (χ0n) is 15.5. The minimum Gasteiger partial charge on any atom is -0.425 e. The first-order valence-electron chi connectivity index (χ1n) is 9.36. The maximum Gasteiger partial charge on any atom is 0.233 e. The zero-order chi connectivity index (χ0) is 19.1. The Morgan fingerprint density at radius 2 is 2.11 bits per heavy atom. The van der Waals surface area contributed by atoms with E-state index in [1.165, 1.54) is 0 Å². The molecule has 2 N–H and O–H groups in total. The second-order valence-electron chi connectivity index (χ2n) is 6.65. The normalized spacial score (nSPS) is 12.4. The molecule has 2 heterocycles. The summed E-state index contributed by atoms with van der Waals surface area (Å²) in [5.41, 5.74) is 1.94. The maximum atomic E-state index is 10.7. The predicted molar refractivity (Wildman–Crippen MR) is 99.2 cm³/mol. The van der Waals surface area contributed by atoms with Crippen molar-refractivity contribution in [3.63, 3.8) is 0 Å². The minimum absolute atomic E-state index is 0.151. The molecule has 3 rings (SSSR count). The van der Waals surface area contributed by atoms with Crippen molar-refractivity contribution in [1.29, 1.82) is 0 Å². The molecule has 1 atom stereocenters. The van der Waals surface area contributed by atoms with E-state index in [1.807, 2.05) is 24.3 Å². The van der Waals surface area contributed by atoms with Gasteiger partial charge in [0, 0.05) is 12.8 Å². The topological polar surface area (TPSA) is 108 Å². The summed E-state index contributed by atoms with van der Waals surface area (Å²) in [6.07, 6.45) is 5.56. The molecule has 3 aromatic rings. The molecule has 0 aliphatic carbocycles. The third kappa shape index (κ3) is 5.13. The molecule has 0 saturated carbocycles. The molecular formula is C19H25N5O3. The minimum atomic E-state index is -0.167. The zero-order valence-corrected chi connectivity index (χ0v) is 15.5. The van der Waals surface area contributed by atoms with Crippen molar-refractivity contribution in [2.24, 2.45) is 0 Å². The summed E-state index contributed by atoms with van der Waals surface area (Å²) in [5.74, 6) is 1.70. The number of H-pyrrole nitrogens is 1. The molecule has 0 saturated heterocycles. The number of carbonyl (C=O) groups excluding carboxylic acids is 1. The van der Waals surface area contributed by atoms with Crippen LogP contribution in [0.3, 0.4) is 0 Å². The first-order valence-corrected chi connectivity index (χ1v) is 9.36. The van der Waals surface area contributed by atoms with Gasteiger partial charge in [0.1, 0.15) is 5.82 Å². The molecule has 1 aromatic carbocycles. The van der Waals surface area contributed by atoms with Crippen LogP contribution in [0, 0.1) is 0 Å². The third-order valence-electron chi connectivity index (χ3n) is 4.53. The molecule has 144 valence electrons. The van der Waals surface area contributed by atoms with Gasteiger partial charge >= 0.3 is 0 Å². The summed E-state index contributed by atoms with van der Waals surface area (Å²) in [6.45, 7) is 2.28. The van der Waals surface area contributed by atoms with Crippen molar-refractivity contribution in [2.75, 3.05) is 6.54 Å². The van der Waals surface area contributed by atoms with E-state index in [2.05, 4.69) is 27.1 Å². The number of para-hydroxylation sites is 2. The molecule has 8 heteroatoms. The van der Waals surface area contributed by atoms with E-state index in [0.29, 0.717) is 36.1 Å². The molecule has 1 amide bonds. The summed E-state index contributed by atoms with van der Waals surface area (Å²) >= 11 is 0. The number of aryl methyl sites for hydroxylation is 2. The van der Waals surface area contributed by atoms with Crippen LogP contribution in [0.5, 0.6) is 0 Å². The van der Waals surface area contributed by atoms with Gasteiger partial charge in [-0.2, -0.15) is 0 Å². The summed E-state index contributed by atoms with van der Waals surface area (Å²) < 4.78 is 5.80. The van der Waals surface area contributed by atoms with E-state index < -0.39 is 0 Å². The number of rotatable bonds is 11. The van der Waals surface area contributed by atoms with E-state index in [-0.39, 0.29) is 12.5 Å². The second-order valence-corrected chi connectivity index (χ2v) is 6.65. The fraction of sp³-hybridized carbons (Fsp3) is 0.474. The summed E-state index contributed by atoms with van der Waals surface area (Å²) in [7, 11) is 0. The number of aromatic amines is 1.